The van der Waals surface area contributed by atoms with Gasteiger partial charge in [0.25, 0.3) is 0 Å². The predicted molar refractivity (Wildman–Crippen MR) is 95.7 cm³/mol. The zero-order valence-corrected chi connectivity index (χ0v) is 14.9. The number of esters is 1. The molecule has 1 atom stereocenters. The molecule has 1 amide bonds. The van der Waals surface area contributed by atoms with E-state index < -0.39 is 27.9 Å². The molecule has 2 aromatic rings. The largest absolute Gasteiger partial charge is 0.467 e. The fourth-order valence-electron chi connectivity index (χ4n) is 4.96. The number of hydrogen-bond donors (Lipinski definition) is 1. The highest BCUT2D eigenvalue weighted by atomic mass is 16.6. The number of fused-ring (bicyclic) bond motifs is 1. The first-order chi connectivity index (χ1) is 12.9. The number of benzene rings is 2. The minimum Gasteiger partial charge on any atom is -0.467 e. The van der Waals surface area contributed by atoms with Crippen LogP contribution in [0, 0.1) is 10.1 Å². The molecule has 0 aliphatic heterocycles. The highest BCUT2D eigenvalue weighted by molar-refractivity contribution is 5.92. The normalized spacial score (nSPS) is 27.3. The van der Waals surface area contributed by atoms with E-state index in [1.165, 1.54) is 14.0 Å². The molecular formula is C20H18N2O5. The van der Waals surface area contributed by atoms with E-state index in [1.54, 1.807) is 24.3 Å². The molecule has 0 saturated heterocycles. The molecule has 138 valence electrons. The van der Waals surface area contributed by atoms with Gasteiger partial charge in [0.05, 0.1) is 7.11 Å². The quantitative estimate of drug-likeness (QED) is 0.510. The molecule has 3 aliphatic rings. The highest BCUT2D eigenvalue weighted by Crippen LogP contribution is 2.61. The summed E-state index contributed by atoms with van der Waals surface area (Å²) in [7, 11) is 1.18. The minimum absolute atomic E-state index is 0.0637. The third-order valence-electron chi connectivity index (χ3n) is 5.78. The lowest BCUT2D eigenvalue weighted by atomic mass is 9.51. The molecule has 0 radical (unpaired) electrons. The molecule has 7 heteroatoms. The van der Waals surface area contributed by atoms with E-state index in [1.807, 2.05) is 24.3 Å². The van der Waals surface area contributed by atoms with E-state index in [0.717, 1.165) is 11.1 Å². The second kappa shape index (κ2) is 5.64. The van der Waals surface area contributed by atoms with Crippen molar-refractivity contribution in [3.8, 4) is 0 Å². The molecular weight excluding hydrogens is 348 g/mol. The SMILES string of the molecule is COC(=O)C1(NC(C)=O)CC2c3ccccc3C1([N+](=O)[O-])c1ccccc12. The van der Waals surface area contributed by atoms with Crippen LogP contribution in [0.2, 0.25) is 0 Å². The van der Waals surface area contributed by atoms with E-state index in [2.05, 4.69) is 5.32 Å². The van der Waals surface area contributed by atoms with Gasteiger partial charge in [-0.05, 0) is 11.1 Å². The smallest absolute Gasteiger partial charge is 0.340 e. The number of amides is 1. The summed E-state index contributed by atoms with van der Waals surface area (Å²) in [5.74, 6) is -1.60. The van der Waals surface area contributed by atoms with Crippen LogP contribution in [-0.2, 0) is 19.9 Å². The van der Waals surface area contributed by atoms with Crippen LogP contribution in [-0.4, -0.2) is 29.4 Å². The highest BCUT2D eigenvalue weighted by Gasteiger charge is 2.76. The molecule has 0 fully saturated rings. The molecule has 1 unspecified atom stereocenters. The second-order valence-electron chi connectivity index (χ2n) is 6.98. The van der Waals surface area contributed by atoms with Gasteiger partial charge in [0.1, 0.15) is 0 Å². The number of ether oxygens (including phenoxy) is 1. The molecule has 1 N–H and O–H groups in total. The lowest BCUT2D eigenvalue weighted by Gasteiger charge is -2.53. The Morgan fingerprint density at radius 2 is 1.63 bits per heavy atom. The third-order valence-corrected chi connectivity index (χ3v) is 5.78. The Kier molecular flexibility index (Phi) is 3.59. The summed E-state index contributed by atoms with van der Waals surface area (Å²) < 4.78 is 4.99. The number of rotatable bonds is 3. The van der Waals surface area contributed by atoms with Crippen molar-refractivity contribution in [2.24, 2.45) is 0 Å². The molecule has 7 nitrogen and oxygen atoms in total. The number of nitrogens with zero attached hydrogens (tertiary/aromatic N) is 1. The van der Waals surface area contributed by atoms with Crippen molar-refractivity contribution >= 4 is 11.9 Å². The van der Waals surface area contributed by atoms with Crippen LogP contribution < -0.4 is 5.32 Å². The Labute approximate surface area is 155 Å². The average molecular weight is 366 g/mol. The van der Waals surface area contributed by atoms with E-state index in [4.69, 9.17) is 4.74 Å². The summed E-state index contributed by atoms with van der Waals surface area (Å²) in [4.78, 5) is 37.3. The molecule has 3 aliphatic carbocycles. The average Bonchev–Trinajstić information content (AvgIpc) is 2.66. The van der Waals surface area contributed by atoms with Crippen molar-refractivity contribution in [1.29, 1.82) is 0 Å². The van der Waals surface area contributed by atoms with Gasteiger partial charge in [-0.15, -0.1) is 0 Å². The van der Waals surface area contributed by atoms with Gasteiger partial charge in [-0.25, -0.2) is 4.79 Å². The van der Waals surface area contributed by atoms with Crippen LogP contribution in [0.1, 0.15) is 41.5 Å². The molecule has 0 saturated carbocycles. The molecule has 0 aromatic heterocycles. The van der Waals surface area contributed by atoms with E-state index >= 15 is 0 Å². The van der Waals surface area contributed by atoms with Crippen LogP contribution in [0.5, 0.6) is 0 Å². The Balaban J connectivity index is 2.18. The van der Waals surface area contributed by atoms with Gasteiger partial charge in [0.15, 0.2) is 0 Å². The summed E-state index contributed by atoms with van der Waals surface area (Å²) in [5.41, 5.74) is -1.35. The Morgan fingerprint density at radius 3 is 2.07 bits per heavy atom. The van der Waals surface area contributed by atoms with E-state index in [-0.39, 0.29) is 12.3 Å². The van der Waals surface area contributed by atoms with Crippen molar-refractivity contribution in [3.05, 3.63) is 80.9 Å². The van der Waals surface area contributed by atoms with Crippen LogP contribution >= 0.6 is 0 Å². The Hall–Kier alpha value is -3.22. The number of nitro groups is 1. The number of carbonyl (C=O) groups excluding carboxylic acids is 2. The number of hydrogen-bond acceptors (Lipinski definition) is 5. The van der Waals surface area contributed by atoms with Crippen LogP contribution in [0.4, 0.5) is 0 Å². The summed E-state index contributed by atoms with van der Waals surface area (Å²) in [5, 5.41) is 15.3. The van der Waals surface area contributed by atoms with Gasteiger partial charge in [0.2, 0.25) is 11.4 Å². The number of methoxy groups -OCH3 is 1. The second-order valence-corrected chi connectivity index (χ2v) is 6.98. The molecule has 5 rings (SSSR count). The van der Waals surface area contributed by atoms with E-state index in [9.17, 15) is 19.7 Å². The summed E-state index contributed by atoms with van der Waals surface area (Å²) >= 11 is 0. The van der Waals surface area contributed by atoms with Crippen molar-refractivity contribution in [2.75, 3.05) is 7.11 Å². The van der Waals surface area contributed by atoms with Crippen molar-refractivity contribution in [3.63, 3.8) is 0 Å². The molecule has 2 aromatic carbocycles. The van der Waals surface area contributed by atoms with Gasteiger partial charge < -0.3 is 10.1 Å². The fraction of sp³-hybridized carbons (Fsp3) is 0.300. The zero-order valence-electron chi connectivity index (χ0n) is 14.9. The lowest BCUT2D eigenvalue weighted by molar-refractivity contribution is -0.580. The van der Waals surface area contributed by atoms with Crippen molar-refractivity contribution < 1.29 is 19.2 Å². The maximum atomic E-state index is 13.0. The van der Waals surface area contributed by atoms with Crippen molar-refractivity contribution in [1.82, 2.24) is 5.32 Å². The molecule has 0 heterocycles. The zero-order chi connectivity index (χ0) is 19.4. The van der Waals surface area contributed by atoms with Gasteiger partial charge in [0, 0.05) is 35.3 Å². The predicted octanol–water partition coefficient (Wildman–Crippen LogP) is 2.10. The van der Waals surface area contributed by atoms with Gasteiger partial charge >= 0.3 is 11.5 Å². The van der Waals surface area contributed by atoms with Gasteiger partial charge in [-0.2, -0.15) is 0 Å². The standard InChI is InChI=1S/C20H18N2O5/c1-12(23)21-19(18(24)27-2)11-15-13-7-3-5-9-16(13)20(19,22(25)26)17-10-6-4-8-14(15)17/h3-10,15H,11H2,1-2H3,(H,21,23). The Bertz CT molecular complexity index is 938. The number of carbonyl (C=O) groups is 2. The lowest BCUT2D eigenvalue weighted by Crippen LogP contribution is -2.74. The molecule has 27 heavy (non-hydrogen) atoms. The minimum atomic E-state index is -1.96. The van der Waals surface area contributed by atoms with Crippen molar-refractivity contribution in [2.45, 2.75) is 30.3 Å². The first-order valence-electron chi connectivity index (χ1n) is 8.60. The first-order valence-corrected chi connectivity index (χ1v) is 8.60. The third kappa shape index (κ3) is 1.91. The van der Waals surface area contributed by atoms with Crippen LogP contribution in [0.25, 0.3) is 0 Å². The maximum absolute atomic E-state index is 13.0. The molecule has 2 bridgehead atoms. The summed E-state index contributed by atoms with van der Waals surface area (Å²) in [6.07, 6.45) is 0.0637. The topological polar surface area (TPSA) is 98.5 Å². The number of nitrogens with one attached hydrogen (secondary N) is 1. The monoisotopic (exact) mass is 366 g/mol. The fourth-order valence-corrected chi connectivity index (χ4v) is 4.96. The van der Waals surface area contributed by atoms with Gasteiger partial charge in [-0.3, -0.25) is 14.9 Å². The Morgan fingerprint density at radius 1 is 1.11 bits per heavy atom. The maximum Gasteiger partial charge on any atom is 0.340 e. The van der Waals surface area contributed by atoms with Crippen LogP contribution in [0.15, 0.2) is 48.5 Å². The van der Waals surface area contributed by atoms with E-state index in [0.29, 0.717) is 11.1 Å². The molecule has 0 spiro atoms. The first kappa shape index (κ1) is 17.2. The summed E-state index contributed by atoms with van der Waals surface area (Å²) in [6, 6.07) is 14.1. The van der Waals surface area contributed by atoms with Gasteiger partial charge in [-0.1, -0.05) is 48.5 Å². The summed E-state index contributed by atoms with van der Waals surface area (Å²) in [6.45, 7) is 1.25. The van der Waals surface area contributed by atoms with Crippen LogP contribution in [0.3, 0.4) is 0 Å².